The van der Waals surface area contributed by atoms with Crippen LogP contribution in [0.15, 0.2) is 93.8 Å². The quantitative estimate of drug-likeness (QED) is 0.0458. The molecule has 0 saturated carbocycles. The molecule has 3 aromatic carbocycles. The van der Waals surface area contributed by atoms with Gasteiger partial charge in [0.05, 0.1) is 5.56 Å². The molecular formula is C36H30N2O13S. The normalized spacial score (nSPS) is 20.4. The largest absolute Gasteiger partial charge is 0.508 e. The summed E-state index contributed by atoms with van der Waals surface area (Å²) < 4.78 is 16.9. The molecule has 3 aromatic rings. The minimum atomic E-state index is -1.84. The number of carbonyl (C=O) groups is 2. The van der Waals surface area contributed by atoms with E-state index in [1.165, 1.54) is 60.7 Å². The number of aromatic hydroxyl groups is 2. The van der Waals surface area contributed by atoms with Gasteiger partial charge in [-0.2, -0.15) is 0 Å². The van der Waals surface area contributed by atoms with Gasteiger partial charge in [0.15, 0.2) is 10.5 Å². The second kappa shape index (κ2) is 14.7. The molecule has 6 rings (SSSR count). The maximum Gasteiger partial charge on any atom is 0.371 e. The molecule has 2 aliphatic heterocycles. The number of fused-ring (bicyclic) bond motifs is 2. The molecule has 9 N–H and O–H groups in total. The first-order valence-corrected chi connectivity index (χ1v) is 15.9. The third kappa shape index (κ3) is 7.51. The van der Waals surface area contributed by atoms with Gasteiger partial charge in [-0.05, 0) is 78.0 Å². The van der Waals surface area contributed by atoms with E-state index in [9.17, 15) is 50.1 Å². The van der Waals surface area contributed by atoms with Crippen LogP contribution in [0.3, 0.4) is 0 Å². The molecule has 1 fully saturated rings. The fraction of sp³-hybridized carbons (Fsp3) is 0.167. The van der Waals surface area contributed by atoms with Crippen molar-refractivity contribution in [2.75, 3.05) is 11.9 Å². The molecule has 15 nitrogen and oxygen atoms in total. The van der Waals surface area contributed by atoms with Crippen LogP contribution >= 0.6 is 12.2 Å². The van der Waals surface area contributed by atoms with Crippen LogP contribution in [0, 0.1) is 0 Å². The number of thiocarbonyl (C=S) groups is 1. The van der Waals surface area contributed by atoms with Gasteiger partial charge in [-0.3, -0.25) is 4.79 Å². The molecule has 3 aliphatic rings. The van der Waals surface area contributed by atoms with Gasteiger partial charge in [-0.15, -0.1) is 0 Å². The van der Waals surface area contributed by atoms with Crippen LogP contribution in [-0.4, -0.2) is 90.0 Å². The molecule has 0 unspecified atom stereocenters. The minimum absolute atomic E-state index is 0.0466. The van der Waals surface area contributed by atoms with Crippen molar-refractivity contribution in [1.29, 1.82) is 0 Å². The maximum absolute atomic E-state index is 12.6. The van der Waals surface area contributed by atoms with Crippen molar-refractivity contribution in [1.82, 2.24) is 5.32 Å². The van der Waals surface area contributed by atoms with E-state index in [1.807, 2.05) is 0 Å². The van der Waals surface area contributed by atoms with Crippen LogP contribution in [0.25, 0.3) is 39.5 Å². The highest BCUT2D eigenvalue weighted by atomic mass is 32.1. The average Bonchev–Trinajstić information content (AvgIpc) is 3.10. The summed E-state index contributed by atoms with van der Waals surface area (Å²) in [6.45, 7) is -0.273. The smallest absolute Gasteiger partial charge is 0.371 e. The van der Waals surface area contributed by atoms with Gasteiger partial charge < -0.3 is 60.3 Å². The van der Waals surface area contributed by atoms with Gasteiger partial charge in [0.2, 0.25) is 12.0 Å². The van der Waals surface area contributed by atoms with Gasteiger partial charge in [-0.1, -0.05) is 18.2 Å². The minimum Gasteiger partial charge on any atom is -0.508 e. The number of ether oxygens (including phenoxy) is 2. The van der Waals surface area contributed by atoms with Gasteiger partial charge >= 0.3 is 11.9 Å². The molecule has 0 aromatic heterocycles. The van der Waals surface area contributed by atoms with E-state index in [0.29, 0.717) is 22.1 Å². The number of aliphatic carboxylic acids is 1. The summed E-state index contributed by atoms with van der Waals surface area (Å²) in [5.74, 6) is -3.40. The summed E-state index contributed by atoms with van der Waals surface area (Å²) in [5.41, 5.74) is 1.54. The molecule has 1 saturated heterocycles. The molecule has 268 valence electrons. The van der Waals surface area contributed by atoms with E-state index in [-0.39, 0.29) is 56.7 Å². The number of nitrogens with one attached hydrogen (secondary N) is 2. The van der Waals surface area contributed by atoms with E-state index in [1.54, 1.807) is 18.2 Å². The maximum atomic E-state index is 12.6. The van der Waals surface area contributed by atoms with Crippen molar-refractivity contribution in [3.8, 4) is 33.9 Å². The van der Waals surface area contributed by atoms with Crippen molar-refractivity contribution in [2.45, 2.75) is 30.7 Å². The molecule has 0 radical (unpaired) electrons. The van der Waals surface area contributed by atoms with Gasteiger partial charge in [-0.25, -0.2) is 9.59 Å². The predicted octanol–water partition coefficient (Wildman–Crippen LogP) is 2.91. The second-order valence-electron chi connectivity index (χ2n) is 11.8. The van der Waals surface area contributed by atoms with Crippen LogP contribution in [0.4, 0.5) is 5.69 Å². The lowest BCUT2D eigenvalue weighted by Gasteiger charge is -2.40. The van der Waals surface area contributed by atoms with Crippen molar-refractivity contribution in [2.24, 2.45) is 0 Å². The summed E-state index contributed by atoms with van der Waals surface area (Å²) in [7, 11) is 0. The number of hydrogen-bond donors (Lipinski definition) is 9. The Morgan fingerprint density at radius 3 is 2.27 bits per heavy atom. The topological polar surface area (TPSA) is 248 Å². The number of aliphatic hydroxyl groups is 3. The van der Waals surface area contributed by atoms with Crippen molar-refractivity contribution in [3.05, 3.63) is 106 Å². The zero-order valence-corrected chi connectivity index (χ0v) is 27.5. The van der Waals surface area contributed by atoms with E-state index < -0.39 is 48.4 Å². The first-order chi connectivity index (χ1) is 24.8. The molecule has 16 heteroatoms. The first-order valence-electron chi connectivity index (χ1n) is 15.5. The molecular weight excluding hydrogens is 700 g/mol. The third-order valence-corrected chi connectivity index (χ3v) is 8.48. The number of phenols is 2. The SMILES string of the molecule is O=C(O)/C(=C\c1ccc(O)cc1)O[C@@H]1O[C@H](CNC(=S)Nc2ccc(-c3c4ccc(=O)cc-4oc4cc(O)ccc34)c(C(=O)O)c2)[C@H](O)[C@H](O)[C@H]1O. The third-order valence-electron chi connectivity index (χ3n) is 8.23. The first kappa shape index (κ1) is 35.8. The van der Waals surface area contributed by atoms with E-state index >= 15 is 0 Å². The zero-order valence-electron chi connectivity index (χ0n) is 26.7. The number of phenolic OH excluding ortho intramolecular Hbond substituents is 2. The van der Waals surface area contributed by atoms with Crippen molar-refractivity contribution in [3.63, 3.8) is 0 Å². The van der Waals surface area contributed by atoms with E-state index in [2.05, 4.69) is 10.6 Å². The Morgan fingerprint density at radius 2 is 1.56 bits per heavy atom. The van der Waals surface area contributed by atoms with Crippen LogP contribution in [0.2, 0.25) is 0 Å². The Kier molecular flexibility index (Phi) is 10.1. The summed E-state index contributed by atoms with van der Waals surface area (Å²) >= 11 is 5.38. The average molecular weight is 731 g/mol. The number of carboxylic acids is 2. The number of anilines is 1. The summed E-state index contributed by atoms with van der Waals surface area (Å²) in [6, 6.07) is 18.4. The van der Waals surface area contributed by atoms with Crippen LogP contribution < -0.4 is 16.1 Å². The Balaban J connectivity index is 1.20. The lowest BCUT2D eigenvalue weighted by molar-refractivity contribution is -0.284. The number of aromatic carboxylic acids is 1. The number of carboxylic acid groups (broad SMARTS) is 2. The lowest BCUT2D eigenvalue weighted by atomic mass is 9.90. The van der Waals surface area contributed by atoms with E-state index in [4.69, 9.17) is 26.1 Å². The summed E-state index contributed by atoms with van der Waals surface area (Å²) in [4.78, 5) is 36.5. The van der Waals surface area contributed by atoms with Crippen molar-refractivity contribution >= 4 is 52.0 Å². The predicted molar refractivity (Wildman–Crippen MR) is 189 cm³/mol. The Morgan fingerprint density at radius 1 is 0.846 bits per heavy atom. The van der Waals surface area contributed by atoms with Crippen molar-refractivity contribution < 1.29 is 59.2 Å². The van der Waals surface area contributed by atoms with Crippen LogP contribution in [-0.2, 0) is 14.3 Å². The lowest BCUT2D eigenvalue weighted by Crippen LogP contribution is -2.60. The molecule has 5 atom stereocenters. The van der Waals surface area contributed by atoms with Crippen LogP contribution in [0.1, 0.15) is 15.9 Å². The number of rotatable bonds is 9. The molecule has 0 bridgehead atoms. The molecule has 52 heavy (non-hydrogen) atoms. The standard InChI is InChI=1S/C36H30N2O13S/c39-18-4-1-16(2-5-18)11-27(34(47)48)50-35-32(44)31(43)30(42)28(51-35)15-37-36(52)38-17-3-8-21(24(12-17)33(45)46)29-22-9-6-19(40)13-25(22)49-26-14-20(41)7-10-23(26)29/h1-14,28,30-32,35,39-40,42-44H,15H2,(H,45,46)(H,47,48)(H2,37,38,52)/b27-11+/t28-,30+,31+,32-,35-/m1/s1. The second-order valence-corrected chi connectivity index (χ2v) is 12.2. The molecule has 0 amide bonds. The molecule has 0 spiro atoms. The molecule has 1 aliphatic carbocycles. The van der Waals surface area contributed by atoms with Gasteiger partial charge in [0.25, 0.3) is 0 Å². The number of benzene rings is 4. The highest BCUT2D eigenvalue weighted by Gasteiger charge is 2.45. The van der Waals surface area contributed by atoms with Gasteiger partial charge in [0.1, 0.15) is 47.3 Å². The summed E-state index contributed by atoms with van der Waals surface area (Å²) in [5, 5.41) is 77.1. The molecule has 2 heterocycles. The van der Waals surface area contributed by atoms with E-state index in [0.717, 1.165) is 6.08 Å². The fourth-order valence-corrected chi connectivity index (χ4v) is 5.91. The monoisotopic (exact) mass is 730 g/mol. The Bertz CT molecular complexity index is 2240. The Hall–Kier alpha value is -6.04. The zero-order chi connectivity index (χ0) is 37.3. The highest BCUT2D eigenvalue weighted by Crippen LogP contribution is 2.42. The summed E-state index contributed by atoms with van der Waals surface area (Å²) in [6.07, 6.45) is -7.18. The highest BCUT2D eigenvalue weighted by molar-refractivity contribution is 7.80. The van der Waals surface area contributed by atoms with Crippen LogP contribution in [0.5, 0.6) is 11.5 Å². The number of aliphatic hydroxyl groups excluding tert-OH is 3. The number of hydrogen-bond acceptors (Lipinski definition) is 12. The van der Waals surface area contributed by atoms with Gasteiger partial charge in [0, 0.05) is 40.9 Å². The Labute approximate surface area is 298 Å². The fourth-order valence-electron chi connectivity index (χ4n) is 5.71.